The van der Waals surface area contributed by atoms with E-state index in [9.17, 15) is 32.6 Å². The van der Waals surface area contributed by atoms with Gasteiger partial charge in [-0.15, -0.1) is 0 Å². The topological polar surface area (TPSA) is 144 Å². The zero-order valence-corrected chi connectivity index (χ0v) is 20.4. The van der Waals surface area contributed by atoms with E-state index in [1.54, 1.807) is 0 Å². The molecule has 1 aromatic heterocycles. The van der Waals surface area contributed by atoms with Gasteiger partial charge in [0.05, 0.1) is 23.7 Å². The number of carbonyl (C=O) groups excluding carboxylic acids is 1. The molecule has 35 heavy (non-hydrogen) atoms. The normalized spacial score (nSPS) is 13.8. The van der Waals surface area contributed by atoms with Gasteiger partial charge < -0.3 is 19.5 Å². The van der Waals surface area contributed by atoms with E-state index in [1.165, 1.54) is 20.8 Å². The fourth-order valence-corrected chi connectivity index (χ4v) is 5.18. The largest absolute Gasteiger partial charge is 0.438 e. The van der Waals surface area contributed by atoms with E-state index in [4.69, 9.17) is 31.1 Å². The Labute approximate surface area is 203 Å². The number of rotatable bonds is 11. The van der Waals surface area contributed by atoms with Gasteiger partial charge in [-0.2, -0.15) is 13.2 Å². The number of carbonyl (C=O) groups is 1. The van der Waals surface area contributed by atoms with Crippen molar-refractivity contribution < 1.29 is 41.2 Å². The predicted octanol–water partition coefficient (Wildman–Crippen LogP) is 5.97. The lowest BCUT2D eigenvalue weighted by Gasteiger charge is -2.33. The Kier molecular flexibility index (Phi) is 9.01. The molecule has 192 valence electrons. The first-order valence-electron chi connectivity index (χ1n) is 10.2. The summed E-state index contributed by atoms with van der Waals surface area (Å²) >= 11 is 5.84. The average molecular weight is 540 g/mol. The van der Waals surface area contributed by atoms with Gasteiger partial charge in [-0.3, -0.25) is 19.5 Å². The molecule has 0 aliphatic heterocycles. The van der Waals surface area contributed by atoms with Gasteiger partial charge in [0.2, 0.25) is 11.7 Å². The summed E-state index contributed by atoms with van der Waals surface area (Å²) in [5.74, 6) is -1.79. The van der Waals surface area contributed by atoms with E-state index >= 15 is 0 Å². The van der Waals surface area contributed by atoms with Crippen molar-refractivity contribution in [2.75, 3.05) is 13.2 Å². The third-order valence-electron chi connectivity index (χ3n) is 4.78. The molecule has 0 aliphatic rings. The molecule has 10 nitrogen and oxygen atoms in total. The van der Waals surface area contributed by atoms with Crippen LogP contribution in [0, 0.1) is 10.1 Å². The van der Waals surface area contributed by atoms with E-state index in [0.29, 0.717) is 12.3 Å². The maximum absolute atomic E-state index is 13.5. The molecule has 0 saturated heterocycles. The van der Waals surface area contributed by atoms with Crippen molar-refractivity contribution in [1.29, 1.82) is 0 Å². The highest BCUT2D eigenvalue weighted by molar-refractivity contribution is 7.56. The van der Waals surface area contributed by atoms with Crippen LogP contribution in [-0.4, -0.2) is 34.2 Å². The molecule has 0 radical (unpaired) electrons. The van der Waals surface area contributed by atoms with Gasteiger partial charge in [0.15, 0.2) is 5.28 Å². The number of alkyl halides is 3. The van der Waals surface area contributed by atoms with E-state index in [-0.39, 0.29) is 25.4 Å². The molecule has 2 N–H and O–H groups in total. The lowest BCUT2D eigenvalue weighted by atomic mass is 10.00. The SMILES string of the molecule is CCOP(=O)(OCC)C(N)(CC)C(=O)c1cc(Oc2ncc(C(F)(F)F)cc2Cl)ccc1[N+](=O)[O-]. The molecule has 0 bridgehead atoms. The Morgan fingerprint density at radius 1 is 1.20 bits per heavy atom. The summed E-state index contributed by atoms with van der Waals surface area (Å²) < 4.78 is 67.7. The number of pyridine rings is 1. The first kappa shape index (κ1) is 28.7. The molecule has 0 amide bonds. The Bertz CT molecular complexity index is 1160. The second-order valence-corrected chi connectivity index (χ2v) is 9.70. The van der Waals surface area contributed by atoms with E-state index in [2.05, 4.69) is 4.98 Å². The zero-order chi connectivity index (χ0) is 26.6. The summed E-state index contributed by atoms with van der Waals surface area (Å²) in [5.41, 5.74) is 3.83. The first-order chi connectivity index (χ1) is 16.2. The Balaban J connectivity index is 2.58. The number of ketones is 1. The van der Waals surface area contributed by atoms with Crippen molar-refractivity contribution in [3.8, 4) is 11.6 Å². The number of nitro benzene ring substituents is 1. The van der Waals surface area contributed by atoms with Crippen molar-refractivity contribution in [3.05, 3.63) is 56.7 Å². The van der Waals surface area contributed by atoms with Crippen molar-refractivity contribution in [1.82, 2.24) is 4.98 Å². The molecule has 2 aromatic rings. The molecule has 1 aromatic carbocycles. The van der Waals surface area contributed by atoms with Gasteiger partial charge >= 0.3 is 13.8 Å². The van der Waals surface area contributed by atoms with Crippen LogP contribution in [0.5, 0.6) is 11.6 Å². The van der Waals surface area contributed by atoms with Crippen LogP contribution in [0.1, 0.15) is 43.1 Å². The van der Waals surface area contributed by atoms with Crippen molar-refractivity contribution in [2.24, 2.45) is 5.73 Å². The number of nitrogens with zero attached hydrogens (tertiary/aromatic N) is 2. The first-order valence-corrected chi connectivity index (χ1v) is 12.1. The molecule has 1 heterocycles. The van der Waals surface area contributed by atoms with E-state index in [0.717, 1.165) is 18.2 Å². The van der Waals surface area contributed by atoms with Gasteiger partial charge in [0, 0.05) is 12.3 Å². The van der Waals surface area contributed by atoms with Gasteiger partial charge in [-0.25, -0.2) is 4.98 Å². The number of nitro groups is 1. The molecule has 0 saturated carbocycles. The minimum Gasteiger partial charge on any atom is -0.438 e. The van der Waals surface area contributed by atoms with Crippen molar-refractivity contribution in [3.63, 3.8) is 0 Å². The molecule has 0 fully saturated rings. The fraction of sp³-hybridized carbons (Fsp3) is 0.400. The van der Waals surface area contributed by atoms with Gasteiger partial charge in [-0.1, -0.05) is 18.5 Å². The second-order valence-electron chi connectivity index (χ2n) is 6.99. The maximum Gasteiger partial charge on any atom is 0.417 e. The van der Waals surface area contributed by atoms with Crippen LogP contribution < -0.4 is 10.5 Å². The quantitative estimate of drug-likeness (QED) is 0.158. The molecule has 1 atom stereocenters. The Morgan fingerprint density at radius 2 is 1.80 bits per heavy atom. The number of hydrogen-bond acceptors (Lipinski definition) is 9. The van der Waals surface area contributed by atoms with Crippen LogP contribution in [0.4, 0.5) is 18.9 Å². The summed E-state index contributed by atoms with van der Waals surface area (Å²) in [5, 5.41) is 8.82. The lowest BCUT2D eigenvalue weighted by Crippen LogP contribution is -2.48. The summed E-state index contributed by atoms with van der Waals surface area (Å²) in [4.78, 5) is 27.7. The third-order valence-corrected chi connectivity index (χ3v) is 7.74. The number of nitrogens with two attached hydrogens (primary N) is 1. The number of aromatic nitrogens is 1. The minimum absolute atomic E-state index is 0.118. The lowest BCUT2D eigenvalue weighted by molar-refractivity contribution is -0.385. The molecular formula is C20H22ClF3N3O7P. The number of hydrogen-bond donors (Lipinski definition) is 1. The van der Waals surface area contributed by atoms with Crippen molar-refractivity contribution >= 4 is 30.7 Å². The number of benzene rings is 1. The van der Waals surface area contributed by atoms with Crippen LogP contribution in [-0.2, 0) is 19.8 Å². The molecular weight excluding hydrogens is 518 g/mol. The van der Waals surface area contributed by atoms with Crippen LogP contribution >= 0.6 is 19.2 Å². The highest BCUT2D eigenvalue weighted by Gasteiger charge is 2.54. The smallest absolute Gasteiger partial charge is 0.417 e. The average Bonchev–Trinajstić information content (AvgIpc) is 2.78. The summed E-state index contributed by atoms with van der Waals surface area (Å²) in [6, 6.07) is 3.52. The number of halogens is 4. The zero-order valence-electron chi connectivity index (χ0n) is 18.8. The number of Topliss-reactive ketones (excluding diaryl/α,β-unsaturated/α-hetero) is 1. The fourth-order valence-electron chi connectivity index (χ4n) is 3.01. The van der Waals surface area contributed by atoms with Gasteiger partial charge in [0.25, 0.3) is 5.69 Å². The monoisotopic (exact) mass is 539 g/mol. The van der Waals surface area contributed by atoms with Crippen LogP contribution in [0.3, 0.4) is 0 Å². The van der Waals surface area contributed by atoms with Gasteiger partial charge in [-0.05, 0) is 38.5 Å². The van der Waals surface area contributed by atoms with Crippen LogP contribution in [0.2, 0.25) is 5.02 Å². The number of ether oxygens (including phenoxy) is 1. The summed E-state index contributed by atoms with van der Waals surface area (Å²) in [7, 11) is -4.30. The molecule has 0 spiro atoms. The Hall–Kier alpha value is -2.57. The van der Waals surface area contributed by atoms with Crippen molar-refractivity contribution in [2.45, 2.75) is 38.6 Å². The van der Waals surface area contributed by atoms with Gasteiger partial charge in [0.1, 0.15) is 16.3 Å². The minimum atomic E-state index is -4.69. The molecule has 2 rings (SSSR count). The Morgan fingerprint density at radius 3 is 2.26 bits per heavy atom. The predicted molar refractivity (Wildman–Crippen MR) is 120 cm³/mol. The van der Waals surface area contributed by atoms with E-state index < -0.39 is 57.5 Å². The van der Waals surface area contributed by atoms with Crippen LogP contribution in [0.15, 0.2) is 30.5 Å². The highest BCUT2D eigenvalue weighted by Crippen LogP contribution is 2.60. The summed E-state index contributed by atoms with van der Waals surface area (Å²) in [6.45, 7) is 4.20. The third kappa shape index (κ3) is 5.99. The highest BCUT2D eigenvalue weighted by atomic mass is 35.5. The van der Waals surface area contributed by atoms with Crippen LogP contribution in [0.25, 0.3) is 0 Å². The standard InChI is InChI=1S/C20H22ClF3N3O7P/c1-4-19(25,35(31,32-5-2)33-6-3)17(28)14-10-13(7-8-16(14)27(29)30)34-18-15(21)9-12(11-26-18)20(22,23)24/h7-11H,4-6,25H2,1-3H3. The summed E-state index contributed by atoms with van der Waals surface area (Å²) in [6.07, 6.45) is -4.47. The molecule has 15 heteroatoms. The second kappa shape index (κ2) is 11.0. The molecule has 0 aliphatic carbocycles. The van der Waals surface area contributed by atoms with E-state index in [1.807, 2.05) is 0 Å². The maximum atomic E-state index is 13.5. The molecule has 1 unspecified atom stereocenters.